The Morgan fingerprint density at radius 3 is 1.36 bits per heavy atom. The van der Waals surface area contributed by atoms with E-state index in [9.17, 15) is 19.5 Å². The van der Waals surface area contributed by atoms with Gasteiger partial charge in [-0.15, -0.1) is 0 Å². The van der Waals surface area contributed by atoms with Crippen LogP contribution in [-0.2, 0) is 28.6 Å². The zero-order valence-corrected chi connectivity index (χ0v) is 39.2. The van der Waals surface area contributed by atoms with Crippen molar-refractivity contribution in [3.8, 4) is 0 Å². The van der Waals surface area contributed by atoms with E-state index in [0.717, 1.165) is 64.2 Å². The average Bonchev–Trinajstić information content (AvgIpc) is 3.19. The molecule has 2 unspecified atom stereocenters. The van der Waals surface area contributed by atoms with E-state index in [-0.39, 0.29) is 42.7 Å². The summed E-state index contributed by atoms with van der Waals surface area (Å²) >= 11 is 0. The number of likely N-dealkylation sites (N-methyl/N-ethyl adjacent to an activating group) is 1. The molecule has 8 nitrogen and oxygen atoms in total. The number of hydrogen-bond donors (Lipinski definition) is 0. The number of carbonyl (C=O) groups is 3. The van der Waals surface area contributed by atoms with Gasteiger partial charge in [-0.2, -0.15) is 0 Å². The molecule has 0 aliphatic carbocycles. The van der Waals surface area contributed by atoms with Gasteiger partial charge in [0.2, 0.25) is 0 Å². The molecule has 2 atom stereocenters. The van der Waals surface area contributed by atoms with Gasteiger partial charge in [-0.3, -0.25) is 9.59 Å². The SMILES string of the molecule is CCCCC/C=C\C/C=C\C/C=C\CCCCCCCCC(=O)OC(COCCC(C(=O)[O-])[N+](C)(C)C)COC(=O)CCCCCCCCCCCCCCCCCC. The second-order valence-corrected chi connectivity index (χ2v) is 17.7. The topological polar surface area (TPSA) is 102 Å². The molecule has 0 rings (SSSR count). The van der Waals surface area contributed by atoms with E-state index >= 15 is 0 Å². The highest BCUT2D eigenvalue weighted by molar-refractivity contribution is 5.70. The minimum Gasteiger partial charge on any atom is -0.544 e. The van der Waals surface area contributed by atoms with E-state index in [1.54, 1.807) is 21.1 Å². The molecule has 59 heavy (non-hydrogen) atoms. The van der Waals surface area contributed by atoms with Gasteiger partial charge in [-0.25, -0.2) is 0 Å². The number of carboxylic acids is 1. The van der Waals surface area contributed by atoms with Crippen LogP contribution in [0.1, 0.15) is 219 Å². The maximum absolute atomic E-state index is 12.8. The Balaban J connectivity index is 4.30. The van der Waals surface area contributed by atoms with Gasteiger partial charge in [0.25, 0.3) is 0 Å². The third-order valence-electron chi connectivity index (χ3n) is 11.0. The molecule has 0 aromatic heterocycles. The van der Waals surface area contributed by atoms with Crippen LogP contribution in [0, 0.1) is 0 Å². The molecule has 0 fully saturated rings. The summed E-state index contributed by atoms with van der Waals surface area (Å²) in [7, 11) is 5.41. The van der Waals surface area contributed by atoms with Crippen molar-refractivity contribution >= 4 is 17.9 Å². The minimum absolute atomic E-state index is 0.0379. The molecule has 0 spiro atoms. The summed E-state index contributed by atoms with van der Waals surface area (Å²) in [5.74, 6) is -1.74. The van der Waals surface area contributed by atoms with E-state index in [0.29, 0.717) is 12.8 Å². The maximum atomic E-state index is 12.8. The standard InChI is InChI=1S/C51H93NO7/c1-6-8-10-12-14-16-18-20-22-24-25-26-28-30-32-34-36-38-40-42-50(54)59-47(45-57-44-43-48(51(55)56)52(3,4)5)46-58-49(53)41-39-37-35-33-31-29-27-23-21-19-17-15-13-11-9-7-2/h14,16,20,22,25-26,47-48H,6-13,15,17-19,21,23-24,27-46H2,1-5H3/b16-14-,22-20-,26-25-. The second kappa shape index (κ2) is 42.2. The monoisotopic (exact) mass is 832 g/mol. The van der Waals surface area contributed by atoms with Crippen molar-refractivity contribution in [2.45, 2.75) is 231 Å². The molecular weight excluding hydrogens is 739 g/mol. The molecule has 0 bridgehead atoms. The molecule has 0 saturated carbocycles. The lowest BCUT2D eigenvalue weighted by Crippen LogP contribution is -2.55. The Hall–Kier alpha value is -2.45. The number of unbranched alkanes of at least 4 members (excludes halogenated alkanes) is 24. The Bertz CT molecular complexity index is 1060. The van der Waals surface area contributed by atoms with Gasteiger partial charge in [0.15, 0.2) is 6.10 Å². The van der Waals surface area contributed by atoms with E-state index in [1.807, 2.05) is 0 Å². The number of aliphatic carboxylic acids is 1. The third kappa shape index (κ3) is 40.7. The normalized spacial score (nSPS) is 13.2. The Kier molecular flexibility index (Phi) is 40.5. The van der Waals surface area contributed by atoms with Crippen LogP contribution in [-0.4, -0.2) is 75.5 Å². The van der Waals surface area contributed by atoms with Crippen LogP contribution in [0.2, 0.25) is 0 Å². The number of carbonyl (C=O) groups excluding carboxylic acids is 3. The number of allylic oxidation sites excluding steroid dienone is 6. The summed E-state index contributed by atoms with van der Waals surface area (Å²) in [6.45, 7) is 4.65. The summed E-state index contributed by atoms with van der Waals surface area (Å²) < 4.78 is 17.2. The molecule has 0 N–H and O–H groups in total. The average molecular weight is 832 g/mol. The molecule has 0 radical (unpaired) electrons. The van der Waals surface area contributed by atoms with Gasteiger partial charge >= 0.3 is 11.9 Å². The van der Waals surface area contributed by atoms with Crippen molar-refractivity contribution in [2.24, 2.45) is 0 Å². The first kappa shape index (κ1) is 56.5. The van der Waals surface area contributed by atoms with Crippen LogP contribution < -0.4 is 5.11 Å². The van der Waals surface area contributed by atoms with E-state index < -0.39 is 18.1 Å². The molecule has 8 heteroatoms. The summed E-state index contributed by atoms with van der Waals surface area (Å²) in [6, 6.07) is -0.727. The zero-order valence-electron chi connectivity index (χ0n) is 39.2. The zero-order chi connectivity index (χ0) is 43.5. The smallest absolute Gasteiger partial charge is 0.306 e. The molecule has 0 amide bonds. The number of hydrogen-bond acceptors (Lipinski definition) is 7. The second-order valence-electron chi connectivity index (χ2n) is 17.7. The first-order chi connectivity index (χ1) is 28.6. The van der Waals surface area contributed by atoms with E-state index in [1.165, 1.54) is 122 Å². The van der Waals surface area contributed by atoms with Crippen molar-refractivity contribution in [2.75, 3.05) is 41.0 Å². The van der Waals surface area contributed by atoms with Crippen molar-refractivity contribution in [3.63, 3.8) is 0 Å². The summed E-state index contributed by atoms with van der Waals surface area (Å²) in [5, 5.41) is 11.6. The first-order valence-electron chi connectivity index (χ1n) is 24.5. The number of ether oxygens (including phenoxy) is 3. The summed E-state index contributed by atoms with van der Waals surface area (Å²) in [4.78, 5) is 37.0. The maximum Gasteiger partial charge on any atom is 0.306 e. The predicted molar refractivity (Wildman–Crippen MR) is 245 cm³/mol. The lowest BCUT2D eigenvalue weighted by Gasteiger charge is -2.34. The van der Waals surface area contributed by atoms with Gasteiger partial charge in [0.05, 0.1) is 40.3 Å². The molecular formula is C51H93NO7. The van der Waals surface area contributed by atoms with Crippen molar-refractivity contribution in [3.05, 3.63) is 36.5 Å². The molecule has 344 valence electrons. The van der Waals surface area contributed by atoms with Gasteiger partial charge in [0, 0.05) is 19.3 Å². The Morgan fingerprint density at radius 2 is 0.898 bits per heavy atom. The molecule has 0 aromatic rings. The van der Waals surface area contributed by atoms with Crippen LogP contribution in [0.3, 0.4) is 0 Å². The lowest BCUT2D eigenvalue weighted by atomic mass is 10.0. The van der Waals surface area contributed by atoms with Crippen molar-refractivity contribution in [1.82, 2.24) is 0 Å². The third-order valence-corrected chi connectivity index (χ3v) is 11.0. The van der Waals surface area contributed by atoms with Gasteiger partial charge in [-0.05, 0) is 51.4 Å². The molecule has 0 saturated heterocycles. The lowest BCUT2D eigenvalue weighted by molar-refractivity contribution is -0.889. The van der Waals surface area contributed by atoms with Crippen molar-refractivity contribution < 1.29 is 38.2 Å². The minimum atomic E-state index is -1.13. The van der Waals surface area contributed by atoms with Crippen LogP contribution in [0.4, 0.5) is 0 Å². The number of rotatable bonds is 44. The predicted octanol–water partition coefficient (Wildman–Crippen LogP) is 12.5. The fourth-order valence-electron chi connectivity index (χ4n) is 7.20. The van der Waals surface area contributed by atoms with Crippen LogP contribution in [0.25, 0.3) is 0 Å². The molecule has 0 heterocycles. The van der Waals surface area contributed by atoms with Crippen LogP contribution in [0.5, 0.6) is 0 Å². The van der Waals surface area contributed by atoms with E-state index in [4.69, 9.17) is 14.2 Å². The van der Waals surface area contributed by atoms with Gasteiger partial charge in [-0.1, -0.05) is 185 Å². The quantitative estimate of drug-likeness (QED) is 0.0261. The molecule has 0 aromatic carbocycles. The number of nitrogens with zero attached hydrogens (tertiary/aromatic N) is 1. The Morgan fingerprint density at radius 1 is 0.508 bits per heavy atom. The highest BCUT2D eigenvalue weighted by atomic mass is 16.6. The molecule has 0 aliphatic heterocycles. The first-order valence-corrected chi connectivity index (χ1v) is 24.5. The number of esters is 2. The molecule has 0 aliphatic rings. The fourth-order valence-corrected chi connectivity index (χ4v) is 7.20. The number of carboxylic acid groups (broad SMARTS) is 1. The van der Waals surface area contributed by atoms with Gasteiger partial charge in [0.1, 0.15) is 12.6 Å². The van der Waals surface area contributed by atoms with Gasteiger partial charge < -0.3 is 28.6 Å². The van der Waals surface area contributed by atoms with Crippen LogP contribution in [0.15, 0.2) is 36.5 Å². The van der Waals surface area contributed by atoms with Crippen LogP contribution >= 0.6 is 0 Å². The number of quaternary nitrogens is 1. The fraction of sp³-hybridized carbons (Fsp3) is 0.824. The largest absolute Gasteiger partial charge is 0.544 e. The summed E-state index contributed by atoms with van der Waals surface area (Å²) in [6.07, 6.45) is 48.8. The van der Waals surface area contributed by atoms with E-state index in [2.05, 4.69) is 50.3 Å². The van der Waals surface area contributed by atoms with Crippen molar-refractivity contribution in [1.29, 1.82) is 0 Å². The summed E-state index contributed by atoms with van der Waals surface area (Å²) in [5.41, 5.74) is 0. The Labute approximate surface area is 364 Å². The highest BCUT2D eigenvalue weighted by Gasteiger charge is 2.25. The highest BCUT2D eigenvalue weighted by Crippen LogP contribution is 2.15.